The molecule has 110 valence electrons. The van der Waals surface area contributed by atoms with Crippen molar-refractivity contribution in [2.75, 3.05) is 11.1 Å². The number of benzene rings is 2. The van der Waals surface area contributed by atoms with Crippen LogP contribution in [0.4, 0.5) is 35.9 Å². The topological polar surface area (TPSA) is 81.2 Å². The molecule has 2 aromatic carbocycles. The number of non-ortho nitro benzene ring substituents is 1. The largest absolute Gasteiger partial charge is 0.416 e. The van der Waals surface area contributed by atoms with Crippen LogP contribution in [0.3, 0.4) is 0 Å². The second-order valence-corrected chi connectivity index (χ2v) is 4.27. The van der Waals surface area contributed by atoms with E-state index in [0.29, 0.717) is 0 Å². The number of halogens is 3. The smallest absolute Gasteiger partial charge is 0.398 e. The lowest BCUT2D eigenvalue weighted by molar-refractivity contribution is -0.384. The summed E-state index contributed by atoms with van der Waals surface area (Å²) in [5, 5.41) is 13.4. The molecule has 0 atom stereocenters. The molecular formula is C13H10F3N3O2. The minimum Gasteiger partial charge on any atom is -0.398 e. The van der Waals surface area contributed by atoms with Crippen LogP contribution in [0.5, 0.6) is 0 Å². The Bertz CT molecular complexity index is 687. The minimum absolute atomic E-state index is 0.138. The van der Waals surface area contributed by atoms with Crippen molar-refractivity contribution >= 4 is 22.7 Å². The van der Waals surface area contributed by atoms with E-state index in [1.54, 1.807) is 0 Å². The Kier molecular flexibility index (Phi) is 3.70. The molecule has 3 N–H and O–H groups in total. The van der Waals surface area contributed by atoms with E-state index >= 15 is 0 Å². The maximum absolute atomic E-state index is 12.6. The number of nitrogen functional groups attached to an aromatic ring is 1. The summed E-state index contributed by atoms with van der Waals surface area (Å²) in [5.41, 5.74) is 5.00. The predicted octanol–water partition coefficient (Wildman–Crippen LogP) is 3.94. The molecule has 0 aliphatic heterocycles. The van der Waals surface area contributed by atoms with E-state index in [2.05, 4.69) is 5.32 Å². The van der Waals surface area contributed by atoms with Crippen LogP contribution in [0.25, 0.3) is 0 Å². The van der Waals surface area contributed by atoms with Crippen LogP contribution in [-0.2, 0) is 6.18 Å². The summed E-state index contributed by atoms with van der Waals surface area (Å²) in [7, 11) is 0. The fourth-order valence-electron chi connectivity index (χ4n) is 1.75. The van der Waals surface area contributed by atoms with Crippen LogP contribution in [0.15, 0.2) is 42.5 Å². The Balaban J connectivity index is 2.32. The first-order valence-electron chi connectivity index (χ1n) is 5.75. The monoisotopic (exact) mass is 297 g/mol. The summed E-state index contributed by atoms with van der Waals surface area (Å²) >= 11 is 0. The lowest BCUT2D eigenvalue weighted by atomic mass is 10.2. The van der Waals surface area contributed by atoms with Crippen LogP contribution < -0.4 is 11.1 Å². The molecule has 0 amide bonds. The maximum atomic E-state index is 12.6. The molecule has 0 aromatic heterocycles. The van der Waals surface area contributed by atoms with Gasteiger partial charge in [0.05, 0.1) is 10.5 Å². The minimum atomic E-state index is -4.46. The molecule has 0 unspecified atom stereocenters. The molecule has 2 aromatic rings. The summed E-state index contributed by atoms with van der Waals surface area (Å²) in [5.74, 6) is 0. The van der Waals surface area contributed by atoms with Crippen LogP contribution in [0, 0.1) is 10.1 Å². The van der Waals surface area contributed by atoms with Gasteiger partial charge in [-0.05, 0) is 24.3 Å². The highest BCUT2D eigenvalue weighted by molar-refractivity contribution is 5.68. The number of nitrogens with two attached hydrogens (primary N) is 1. The molecule has 21 heavy (non-hydrogen) atoms. The molecule has 0 saturated heterocycles. The van der Waals surface area contributed by atoms with E-state index in [9.17, 15) is 23.3 Å². The number of nitrogens with one attached hydrogen (secondary N) is 1. The Morgan fingerprint density at radius 1 is 1.10 bits per heavy atom. The fourth-order valence-corrected chi connectivity index (χ4v) is 1.75. The first kappa shape index (κ1) is 14.6. The summed E-state index contributed by atoms with van der Waals surface area (Å²) in [6.45, 7) is 0. The van der Waals surface area contributed by atoms with Gasteiger partial charge in [0.2, 0.25) is 0 Å². The summed E-state index contributed by atoms with van der Waals surface area (Å²) in [6, 6.07) is 8.26. The first-order valence-corrected chi connectivity index (χ1v) is 5.75. The number of rotatable bonds is 3. The van der Waals surface area contributed by atoms with E-state index < -0.39 is 16.7 Å². The van der Waals surface area contributed by atoms with E-state index in [1.807, 2.05) is 0 Å². The van der Waals surface area contributed by atoms with Crippen LogP contribution >= 0.6 is 0 Å². The highest BCUT2D eigenvalue weighted by Crippen LogP contribution is 2.32. The maximum Gasteiger partial charge on any atom is 0.416 e. The number of hydrogen-bond acceptors (Lipinski definition) is 4. The molecule has 0 aliphatic rings. The molecule has 5 nitrogen and oxygen atoms in total. The van der Waals surface area contributed by atoms with Crippen molar-refractivity contribution in [2.45, 2.75) is 6.18 Å². The fraction of sp³-hybridized carbons (Fsp3) is 0.0769. The summed E-state index contributed by atoms with van der Waals surface area (Å²) in [6.07, 6.45) is -4.46. The van der Waals surface area contributed by atoms with Crippen molar-refractivity contribution in [2.24, 2.45) is 0 Å². The number of hydrogen-bond donors (Lipinski definition) is 2. The molecule has 0 heterocycles. The van der Waals surface area contributed by atoms with Gasteiger partial charge in [0.1, 0.15) is 0 Å². The van der Waals surface area contributed by atoms with Crippen LogP contribution in [0.1, 0.15) is 5.56 Å². The van der Waals surface area contributed by atoms with E-state index in [4.69, 9.17) is 5.73 Å². The van der Waals surface area contributed by atoms with E-state index in [1.165, 1.54) is 24.3 Å². The van der Waals surface area contributed by atoms with Crippen molar-refractivity contribution in [3.05, 3.63) is 58.1 Å². The van der Waals surface area contributed by atoms with Gasteiger partial charge < -0.3 is 11.1 Å². The van der Waals surface area contributed by atoms with Crippen molar-refractivity contribution in [1.29, 1.82) is 0 Å². The van der Waals surface area contributed by atoms with Gasteiger partial charge in [0.15, 0.2) is 0 Å². The van der Waals surface area contributed by atoms with Gasteiger partial charge in [0.25, 0.3) is 5.69 Å². The third-order valence-electron chi connectivity index (χ3n) is 2.63. The van der Waals surface area contributed by atoms with Gasteiger partial charge in [-0.3, -0.25) is 10.1 Å². The number of nitro groups is 1. The lowest BCUT2D eigenvalue weighted by Crippen LogP contribution is -2.05. The number of alkyl halides is 3. The number of nitro benzene ring substituents is 1. The SMILES string of the molecule is Nc1cc(Nc2cccc(C(F)(F)F)c2)cc([N+](=O)[O-])c1. The highest BCUT2D eigenvalue weighted by atomic mass is 19.4. The molecule has 0 fully saturated rings. The summed E-state index contributed by atoms with van der Waals surface area (Å²) in [4.78, 5) is 10.1. The Hall–Kier alpha value is -2.77. The molecule has 8 heteroatoms. The third kappa shape index (κ3) is 3.62. The average molecular weight is 297 g/mol. The van der Waals surface area contributed by atoms with Crippen molar-refractivity contribution in [1.82, 2.24) is 0 Å². The van der Waals surface area contributed by atoms with Crippen LogP contribution in [-0.4, -0.2) is 4.92 Å². The van der Waals surface area contributed by atoms with Crippen molar-refractivity contribution in [3.63, 3.8) is 0 Å². The van der Waals surface area contributed by atoms with Gasteiger partial charge in [-0.1, -0.05) is 6.07 Å². The van der Waals surface area contributed by atoms with Gasteiger partial charge in [-0.25, -0.2) is 0 Å². The van der Waals surface area contributed by atoms with Gasteiger partial charge >= 0.3 is 6.18 Å². The van der Waals surface area contributed by atoms with Gasteiger partial charge in [-0.2, -0.15) is 13.2 Å². The zero-order chi connectivity index (χ0) is 15.6. The predicted molar refractivity (Wildman–Crippen MR) is 72.2 cm³/mol. The zero-order valence-corrected chi connectivity index (χ0v) is 10.5. The molecule has 0 radical (unpaired) electrons. The lowest BCUT2D eigenvalue weighted by Gasteiger charge is -2.11. The van der Waals surface area contributed by atoms with E-state index in [-0.39, 0.29) is 22.7 Å². The molecule has 0 bridgehead atoms. The highest BCUT2D eigenvalue weighted by Gasteiger charge is 2.30. The van der Waals surface area contributed by atoms with Crippen molar-refractivity contribution < 1.29 is 18.1 Å². The average Bonchev–Trinajstić information content (AvgIpc) is 2.37. The zero-order valence-electron chi connectivity index (χ0n) is 10.5. The molecule has 0 aliphatic carbocycles. The third-order valence-corrected chi connectivity index (χ3v) is 2.63. The quantitative estimate of drug-likeness (QED) is 0.511. The van der Waals surface area contributed by atoms with Crippen LogP contribution in [0.2, 0.25) is 0 Å². The molecule has 0 spiro atoms. The normalized spacial score (nSPS) is 11.2. The second-order valence-electron chi connectivity index (χ2n) is 4.27. The van der Waals surface area contributed by atoms with E-state index in [0.717, 1.165) is 18.2 Å². The molecule has 2 rings (SSSR count). The molecule has 0 saturated carbocycles. The van der Waals surface area contributed by atoms with Gasteiger partial charge in [-0.15, -0.1) is 0 Å². The Labute approximate surface area is 117 Å². The van der Waals surface area contributed by atoms with Gasteiger partial charge in [0, 0.05) is 29.2 Å². The second kappa shape index (κ2) is 5.31. The number of anilines is 3. The summed E-state index contributed by atoms with van der Waals surface area (Å²) < 4.78 is 37.8. The van der Waals surface area contributed by atoms with Crippen molar-refractivity contribution in [3.8, 4) is 0 Å². The standard InChI is InChI=1S/C13H10F3N3O2/c14-13(15,16)8-2-1-3-10(4-8)18-11-5-9(17)6-12(7-11)19(20)21/h1-7,18H,17H2. The Morgan fingerprint density at radius 3 is 2.43 bits per heavy atom. The first-order chi connectivity index (χ1) is 9.75. The molecular weight excluding hydrogens is 287 g/mol. The number of nitrogens with zero attached hydrogens (tertiary/aromatic N) is 1. The Morgan fingerprint density at radius 2 is 1.81 bits per heavy atom.